The third-order valence-corrected chi connectivity index (χ3v) is 3.26. The van der Waals surface area contributed by atoms with Gasteiger partial charge in [-0.05, 0) is 55.5 Å². The molecule has 9 heteroatoms. The van der Waals surface area contributed by atoms with Crippen molar-refractivity contribution < 1.29 is 32.2 Å². The van der Waals surface area contributed by atoms with Crippen LogP contribution in [0.3, 0.4) is 0 Å². The number of amides is 1. The number of carbonyl (C=O) groups is 2. The summed E-state index contributed by atoms with van der Waals surface area (Å²) >= 11 is 0. The van der Waals surface area contributed by atoms with Crippen molar-refractivity contribution in [1.29, 1.82) is 5.26 Å². The van der Waals surface area contributed by atoms with Gasteiger partial charge in [0.25, 0.3) is 5.91 Å². The van der Waals surface area contributed by atoms with E-state index < -0.39 is 30.1 Å². The Bertz CT molecular complexity index is 856. The predicted molar refractivity (Wildman–Crippen MR) is 87.8 cm³/mol. The minimum atomic E-state index is -4.83. The van der Waals surface area contributed by atoms with Crippen LogP contribution < -0.4 is 10.1 Å². The molecule has 27 heavy (non-hydrogen) atoms. The number of nitriles is 1. The Morgan fingerprint density at radius 2 is 1.67 bits per heavy atom. The van der Waals surface area contributed by atoms with E-state index in [1.54, 1.807) is 0 Å². The van der Waals surface area contributed by atoms with Crippen molar-refractivity contribution in [2.75, 3.05) is 5.32 Å². The molecule has 0 fully saturated rings. The molecule has 0 aliphatic rings. The molecule has 2 rings (SSSR count). The molecule has 2 aromatic rings. The Kier molecular flexibility index (Phi) is 6.03. The van der Waals surface area contributed by atoms with E-state index in [1.165, 1.54) is 31.2 Å². The highest BCUT2D eigenvalue weighted by molar-refractivity contribution is 5.97. The van der Waals surface area contributed by atoms with E-state index in [2.05, 4.69) is 10.1 Å². The lowest BCUT2D eigenvalue weighted by atomic mass is 10.2. The van der Waals surface area contributed by atoms with Gasteiger partial charge >= 0.3 is 12.3 Å². The minimum Gasteiger partial charge on any atom is -0.449 e. The van der Waals surface area contributed by atoms with Gasteiger partial charge in [-0.2, -0.15) is 5.26 Å². The van der Waals surface area contributed by atoms with E-state index in [0.29, 0.717) is 11.3 Å². The van der Waals surface area contributed by atoms with Crippen LogP contribution in [0.25, 0.3) is 0 Å². The number of anilines is 1. The second-order valence-corrected chi connectivity index (χ2v) is 5.30. The highest BCUT2D eigenvalue weighted by Gasteiger charge is 2.31. The highest BCUT2D eigenvalue weighted by Crippen LogP contribution is 2.23. The van der Waals surface area contributed by atoms with E-state index >= 15 is 0 Å². The van der Waals surface area contributed by atoms with Crippen molar-refractivity contribution in [3.8, 4) is 11.8 Å². The summed E-state index contributed by atoms with van der Waals surface area (Å²) in [5.41, 5.74) is 0.795. The maximum Gasteiger partial charge on any atom is 0.573 e. The van der Waals surface area contributed by atoms with Gasteiger partial charge in [-0.15, -0.1) is 13.2 Å². The van der Waals surface area contributed by atoms with Gasteiger partial charge in [0.2, 0.25) is 0 Å². The number of hydrogen-bond donors (Lipinski definition) is 1. The molecule has 0 saturated carbocycles. The van der Waals surface area contributed by atoms with Crippen LogP contribution in [0.4, 0.5) is 18.9 Å². The van der Waals surface area contributed by atoms with Crippen LogP contribution in [0.1, 0.15) is 22.8 Å². The van der Waals surface area contributed by atoms with Crippen LogP contribution in [-0.2, 0) is 9.53 Å². The molecule has 1 atom stereocenters. The molecule has 6 nitrogen and oxygen atoms in total. The molecule has 0 heterocycles. The van der Waals surface area contributed by atoms with Gasteiger partial charge in [0.05, 0.1) is 17.2 Å². The first-order valence-corrected chi connectivity index (χ1v) is 7.56. The number of nitrogens with one attached hydrogen (secondary N) is 1. The fourth-order valence-electron chi connectivity index (χ4n) is 1.95. The summed E-state index contributed by atoms with van der Waals surface area (Å²) in [4.78, 5) is 24.0. The van der Waals surface area contributed by atoms with Gasteiger partial charge in [-0.25, -0.2) is 4.79 Å². The fourth-order valence-corrected chi connectivity index (χ4v) is 1.95. The Hall–Kier alpha value is -3.54. The van der Waals surface area contributed by atoms with Gasteiger partial charge in [0, 0.05) is 5.69 Å². The van der Waals surface area contributed by atoms with Crippen LogP contribution in [-0.4, -0.2) is 24.3 Å². The standard InChI is InChI=1S/C18H13F3N2O4/c1-11(16(24)23-14-6-2-12(10-22)3-7-14)26-17(25)13-4-8-15(9-5-13)27-18(19,20)21/h2-9,11H,1H3,(H,23,24)/t11-/m0/s1. The molecule has 2 aromatic carbocycles. The Morgan fingerprint density at radius 3 is 2.19 bits per heavy atom. The first-order valence-electron chi connectivity index (χ1n) is 7.56. The number of alkyl halides is 3. The van der Waals surface area contributed by atoms with Crippen molar-refractivity contribution in [3.05, 3.63) is 59.7 Å². The van der Waals surface area contributed by atoms with Crippen LogP contribution >= 0.6 is 0 Å². The van der Waals surface area contributed by atoms with E-state index in [4.69, 9.17) is 10.00 Å². The molecule has 0 bridgehead atoms. The van der Waals surface area contributed by atoms with Crippen molar-refractivity contribution in [1.82, 2.24) is 0 Å². The van der Waals surface area contributed by atoms with Crippen LogP contribution in [0.5, 0.6) is 5.75 Å². The van der Waals surface area contributed by atoms with Crippen LogP contribution in [0.15, 0.2) is 48.5 Å². The lowest BCUT2D eigenvalue weighted by Crippen LogP contribution is -2.30. The molecule has 140 valence electrons. The molecule has 0 aliphatic heterocycles. The molecule has 0 aliphatic carbocycles. The van der Waals surface area contributed by atoms with Crippen LogP contribution in [0, 0.1) is 11.3 Å². The number of carbonyl (C=O) groups excluding carboxylic acids is 2. The summed E-state index contributed by atoms with van der Waals surface area (Å²) in [5.74, 6) is -1.97. The Balaban J connectivity index is 1.93. The largest absolute Gasteiger partial charge is 0.573 e. The highest BCUT2D eigenvalue weighted by atomic mass is 19.4. The SMILES string of the molecule is C[C@H](OC(=O)c1ccc(OC(F)(F)F)cc1)C(=O)Nc1ccc(C#N)cc1. The summed E-state index contributed by atoms with van der Waals surface area (Å²) < 4.78 is 45.0. The van der Waals surface area contributed by atoms with Crippen molar-refractivity contribution in [3.63, 3.8) is 0 Å². The molecule has 0 radical (unpaired) electrons. The summed E-state index contributed by atoms with van der Waals surface area (Å²) in [6.45, 7) is 1.35. The first kappa shape index (κ1) is 19.8. The topological polar surface area (TPSA) is 88.4 Å². The van der Waals surface area contributed by atoms with E-state index in [9.17, 15) is 22.8 Å². The smallest absolute Gasteiger partial charge is 0.449 e. The molecule has 1 amide bonds. The number of hydrogen-bond acceptors (Lipinski definition) is 5. The minimum absolute atomic E-state index is 0.0393. The number of esters is 1. The normalized spacial score (nSPS) is 11.8. The lowest BCUT2D eigenvalue weighted by Gasteiger charge is -2.14. The summed E-state index contributed by atoms with van der Waals surface area (Å²) in [5, 5.41) is 11.2. The van der Waals surface area contributed by atoms with Crippen LogP contribution in [0.2, 0.25) is 0 Å². The zero-order valence-corrected chi connectivity index (χ0v) is 13.9. The maximum atomic E-state index is 12.1. The van der Waals surface area contributed by atoms with Crippen molar-refractivity contribution in [2.45, 2.75) is 19.4 Å². The van der Waals surface area contributed by atoms with Crippen molar-refractivity contribution >= 4 is 17.6 Å². The number of nitrogens with zero attached hydrogens (tertiary/aromatic N) is 1. The Labute approximate surface area is 152 Å². The average Bonchev–Trinajstić information content (AvgIpc) is 2.61. The number of benzene rings is 2. The quantitative estimate of drug-likeness (QED) is 0.803. The molecule has 0 saturated heterocycles. The van der Waals surface area contributed by atoms with E-state index in [1.807, 2.05) is 6.07 Å². The number of ether oxygens (including phenoxy) is 2. The summed E-state index contributed by atoms with van der Waals surface area (Å²) in [7, 11) is 0. The second-order valence-electron chi connectivity index (χ2n) is 5.30. The van der Waals surface area contributed by atoms with E-state index in [0.717, 1.165) is 24.3 Å². The number of rotatable bonds is 5. The van der Waals surface area contributed by atoms with E-state index in [-0.39, 0.29) is 5.56 Å². The van der Waals surface area contributed by atoms with Gasteiger partial charge in [-0.1, -0.05) is 0 Å². The number of halogens is 3. The first-order chi connectivity index (χ1) is 12.7. The summed E-state index contributed by atoms with van der Waals surface area (Å²) in [6, 6.07) is 12.1. The molecule has 0 aromatic heterocycles. The fraction of sp³-hybridized carbons (Fsp3) is 0.167. The van der Waals surface area contributed by atoms with Gasteiger partial charge in [0.15, 0.2) is 6.10 Å². The zero-order valence-electron chi connectivity index (χ0n) is 13.9. The predicted octanol–water partition coefficient (Wildman–Crippen LogP) is 3.64. The average molecular weight is 378 g/mol. The van der Waals surface area contributed by atoms with Gasteiger partial charge in [0.1, 0.15) is 5.75 Å². The third-order valence-electron chi connectivity index (χ3n) is 3.26. The van der Waals surface area contributed by atoms with Gasteiger partial charge < -0.3 is 14.8 Å². The third kappa shape index (κ3) is 6.04. The molecule has 1 N–H and O–H groups in total. The molecule has 0 unspecified atom stereocenters. The van der Waals surface area contributed by atoms with Crippen molar-refractivity contribution in [2.24, 2.45) is 0 Å². The molecule has 0 spiro atoms. The molecular weight excluding hydrogens is 365 g/mol. The summed E-state index contributed by atoms with van der Waals surface area (Å²) in [6.07, 6.45) is -5.99. The monoisotopic (exact) mass is 378 g/mol. The molecular formula is C18H13F3N2O4. The Morgan fingerprint density at radius 1 is 1.07 bits per heavy atom. The maximum absolute atomic E-state index is 12.1. The second kappa shape index (κ2) is 8.23. The lowest BCUT2D eigenvalue weighted by molar-refractivity contribution is -0.274. The zero-order chi connectivity index (χ0) is 20.0. The van der Waals surface area contributed by atoms with Gasteiger partial charge in [-0.3, -0.25) is 4.79 Å².